The second kappa shape index (κ2) is 4.85. The van der Waals surface area contributed by atoms with E-state index in [0.717, 1.165) is 11.1 Å². The van der Waals surface area contributed by atoms with Crippen LogP contribution in [0.4, 0.5) is 0 Å². The van der Waals surface area contributed by atoms with Gasteiger partial charge in [-0.2, -0.15) is 0 Å². The first-order chi connectivity index (χ1) is 7.58. The summed E-state index contributed by atoms with van der Waals surface area (Å²) in [4.78, 5) is 0. The summed E-state index contributed by atoms with van der Waals surface area (Å²) in [6.07, 6.45) is 0. The van der Waals surface area contributed by atoms with Crippen molar-refractivity contribution in [3.63, 3.8) is 0 Å². The van der Waals surface area contributed by atoms with Gasteiger partial charge in [0.2, 0.25) is 0 Å². The van der Waals surface area contributed by atoms with Crippen molar-refractivity contribution in [2.45, 2.75) is 0 Å². The van der Waals surface area contributed by atoms with Crippen molar-refractivity contribution >= 4 is 46.4 Å². The Morgan fingerprint density at radius 1 is 0.500 bits per heavy atom. The minimum absolute atomic E-state index is 0.519. The van der Waals surface area contributed by atoms with E-state index in [4.69, 9.17) is 46.4 Å². The molecule has 2 aromatic carbocycles. The highest BCUT2D eigenvalue weighted by molar-refractivity contribution is 6.42. The Morgan fingerprint density at radius 2 is 0.875 bits per heavy atom. The molecule has 0 aromatic heterocycles. The Balaban J connectivity index is 2.50. The monoisotopic (exact) mass is 290 g/mol. The van der Waals surface area contributed by atoms with Gasteiger partial charge in [0.25, 0.3) is 0 Å². The third-order valence-corrected chi connectivity index (χ3v) is 3.65. The maximum atomic E-state index is 5.94. The average molecular weight is 292 g/mol. The molecule has 82 valence electrons. The molecule has 0 aliphatic carbocycles. The Morgan fingerprint density at radius 3 is 1.19 bits per heavy atom. The van der Waals surface area contributed by atoms with Gasteiger partial charge in [0.15, 0.2) is 0 Å². The number of rotatable bonds is 1. The molecule has 4 heteroatoms. The summed E-state index contributed by atoms with van der Waals surface area (Å²) in [5.74, 6) is 0. The van der Waals surface area contributed by atoms with E-state index in [1.165, 1.54) is 0 Å². The summed E-state index contributed by atoms with van der Waals surface area (Å²) in [5, 5.41) is 2.10. The molecule has 0 spiro atoms. The van der Waals surface area contributed by atoms with Crippen LogP contribution in [0.25, 0.3) is 11.1 Å². The zero-order valence-corrected chi connectivity index (χ0v) is 11.0. The highest BCUT2D eigenvalue weighted by Gasteiger charge is 2.04. The summed E-state index contributed by atoms with van der Waals surface area (Å²) in [7, 11) is 0. The topological polar surface area (TPSA) is 0 Å². The van der Waals surface area contributed by atoms with Crippen molar-refractivity contribution in [1.82, 2.24) is 0 Å². The maximum Gasteiger partial charge on any atom is 0.0598 e. The SMILES string of the molecule is Clc1ccc(-c2ccc(Cl)c(Cl)c2)cc1Cl. The first kappa shape index (κ1) is 12.1. The van der Waals surface area contributed by atoms with Crippen molar-refractivity contribution in [3.8, 4) is 11.1 Å². The smallest absolute Gasteiger partial charge is 0.0598 e. The largest absolute Gasteiger partial charge is 0.0827 e. The zero-order chi connectivity index (χ0) is 11.7. The number of hydrogen-bond acceptors (Lipinski definition) is 0. The van der Waals surface area contributed by atoms with E-state index in [9.17, 15) is 0 Å². The fraction of sp³-hybridized carbons (Fsp3) is 0. The minimum atomic E-state index is 0.519. The van der Waals surface area contributed by atoms with E-state index in [1.807, 2.05) is 12.1 Å². The molecular formula is C12H6Cl4. The standard InChI is InChI=1S/C12H6Cl4/c13-9-3-1-7(5-11(9)15)8-2-4-10(14)12(16)6-8/h1-6H. The quantitative estimate of drug-likeness (QED) is 0.607. The highest BCUT2D eigenvalue weighted by atomic mass is 35.5. The Labute approximate surface area is 114 Å². The van der Waals surface area contributed by atoms with Gasteiger partial charge in [-0.25, -0.2) is 0 Å². The molecular weight excluding hydrogens is 286 g/mol. The molecule has 2 aromatic rings. The number of hydrogen-bond donors (Lipinski definition) is 0. The van der Waals surface area contributed by atoms with Crippen LogP contribution in [0.1, 0.15) is 0 Å². The van der Waals surface area contributed by atoms with Crippen molar-refractivity contribution in [2.24, 2.45) is 0 Å². The first-order valence-electron chi connectivity index (χ1n) is 4.48. The van der Waals surface area contributed by atoms with Gasteiger partial charge >= 0.3 is 0 Å². The minimum Gasteiger partial charge on any atom is -0.0827 e. The normalized spacial score (nSPS) is 10.5. The molecule has 0 aliphatic heterocycles. The third kappa shape index (κ3) is 2.46. The van der Waals surface area contributed by atoms with Gasteiger partial charge in [0, 0.05) is 0 Å². The van der Waals surface area contributed by atoms with Crippen LogP contribution in [0.3, 0.4) is 0 Å². The van der Waals surface area contributed by atoms with Gasteiger partial charge < -0.3 is 0 Å². The highest BCUT2D eigenvalue weighted by Crippen LogP contribution is 2.32. The van der Waals surface area contributed by atoms with Gasteiger partial charge in [0.1, 0.15) is 0 Å². The Bertz CT molecular complexity index is 485. The second-order valence-electron chi connectivity index (χ2n) is 3.26. The fourth-order valence-electron chi connectivity index (χ4n) is 1.35. The molecule has 2 rings (SSSR count). The van der Waals surface area contributed by atoms with Crippen LogP contribution >= 0.6 is 46.4 Å². The molecule has 0 N–H and O–H groups in total. The van der Waals surface area contributed by atoms with E-state index >= 15 is 0 Å². The first-order valence-corrected chi connectivity index (χ1v) is 5.99. The molecule has 0 bridgehead atoms. The van der Waals surface area contributed by atoms with E-state index in [1.54, 1.807) is 24.3 Å². The zero-order valence-electron chi connectivity index (χ0n) is 7.98. The molecule has 0 unspecified atom stereocenters. The van der Waals surface area contributed by atoms with Crippen LogP contribution in [-0.4, -0.2) is 0 Å². The second-order valence-corrected chi connectivity index (χ2v) is 4.89. The van der Waals surface area contributed by atoms with Gasteiger partial charge in [-0.1, -0.05) is 58.5 Å². The lowest BCUT2D eigenvalue weighted by molar-refractivity contribution is 1.61. The maximum absolute atomic E-state index is 5.94. The summed E-state index contributed by atoms with van der Waals surface area (Å²) in [6, 6.07) is 10.9. The van der Waals surface area contributed by atoms with Gasteiger partial charge in [-0.05, 0) is 35.4 Å². The van der Waals surface area contributed by atoms with E-state index in [-0.39, 0.29) is 0 Å². The summed E-state index contributed by atoms with van der Waals surface area (Å²) < 4.78 is 0. The van der Waals surface area contributed by atoms with Crippen molar-refractivity contribution in [3.05, 3.63) is 56.5 Å². The molecule has 0 fully saturated rings. The van der Waals surface area contributed by atoms with Crippen LogP contribution in [0.5, 0.6) is 0 Å². The Hall–Kier alpha value is -0.400. The van der Waals surface area contributed by atoms with Gasteiger partial charge in [0.05, 0.1) is 20.1 Å². The molecule has 16 heavy (non-hydrogen) atoms. The lowest BCUT2D eigenvalue weighted by Crippen LogP contribution is -1.79. The van der Waals surface area contributed by atoms with E-state index in [0.29, 0.717) is 20.1 Å². The van der Waals surface area contributed by atoms with E-state index in [2.05, 4.69) is 0 Å². The molecule has 0 heterocycles. The molecule has 0 nitrogen and oxygen atoms in total. The summed E-state index contributed by atoms with van der Waals surface area (Å²) >= 11 is 23.6. The predicted octanol–water partition coefficient (Wildman–Crippen LogP) is 5.97. The van der Waals surface area contributed by atoms with Crippen LogP contribution in [-0.2, 0) is 0 Å². The van der Waals surface area contributed by atoms with Gasteiger partial charge in [-0.15, -0.1) is 0 Å². The Kier molecular flexibility index (Phi) is 3.66. The molecule has 0 amide bonds. The molecule has 0 saturated carbocycles. The number of benzene rings is 2. The summed E-state index contributed by atoms with van der Waals surface area (Å²) in [6.45, 7) is 0. The van der Waals surface area contributed by atoms with Crippen molar-refractivity contribution in [2.75, 3.05) is 0 Å². The lowest BCUT2D eigenvalue weighted by atomic mass is 10.1. The molecule has 0 saturated heterocycles. The molecule has 0 atom stereocenters. The third-order valence-electron chi connectivity index (χ3n) is 2.17. The average Bonchev–Trinajstić information content (AvgIpc) is 2.26. The van der Waals surface area contributed by atoms with Crippen molar-refractivity contribution < 1.29 is 0 Å². The molecule has 0 radical (unpaired) electrons. The molecule has 0 aliphatic rings. The van der Waals surface area contributed by atoms with Crippen LogP contribution in [0.2, 0.25) is 20.1 Å². The van der Waals surface area contributed by atoms with Crippen LogP contribution in [0.15, 0.2) is 36.4 Å². The van der Waals surface area contributed by atoms with Crippen LogP contribution in [0, 0.1) is 0 Å². The van der Waals surface area contributed by atoms with Gasteiger partial charge in [-0.3, -0.25) is 0 Å². The predicted molar refractivity (Wildman–Crippen MR) is 71.9 cm³/mol. The van der Waals surface area contributed by atoms with Crippen LogP contribution < -0.4 is 0 Å². The van der Waals surface area contributed by atoms with Crippen molar-refractivity contribution in [1.29, 1.82) is 0 Å². The summed E-state index contributed by atoms with van der Waals surface area (Å²) in [5.41, 5.74) is 1.90. The van der Waals surface area contributed by atoms with E-state index < -0.39 is 0 Å². The lowest BCUT2D eigenvalue weighted by Gasteiger charge is -2.05. The fourth-order valence-corrected chi connectivity index (χ4v) is 1.95. The number of halogens is 4.